The number of carboxylic acids is 1. The van der Waals surface area contributed by atoms with Crippen molar-refractivity contribution < 1.29 is 14.6 Å². The molecule has 0 spiro atoms. The third-order valence-electron chi connectivity index (χ3n) is 3.82. The van der Waals surface area contributed by atoms with Crippen molar-refractivity contribution in [2.75, 3.05) is 13.7 Å². The van der Waals surface area contributed by atoms with Crippen LogP contribution >= 0.6 is 11.3 Å². The standard InChI is InChI=1S/C16H17NO3S/c1-20-12-4-2-3-11(9-12)10-17-7-5-14-13(6-8-21-14)15(17)16(18)19/h2-4,6,8-9,15H,5,7,10H2,1H3,(H,18,19). The van der Waals surface area contributed by atoms with Gasteiger partial charge in [0.1, 0.15) is 11.8 Å². The maximum atomic E-state index is 11.7. The lowest BCUT2D eigenvalue weighted by atomic mass is 9.99. The van der Waals surface area contributed by atoms with Gasteiger partial charge >= 0.3 is 5.97 Å². The summed E-state index contributed by atoms with van der Waals surface area (Å²) in [5.41, 5.74) is 2.01. The van der Waals surface area contributed by atoms with Crippen molar-refractivity contribution in [2.45, 2.75) is 19.0 Å². The first-order valence-corrected chi connectivity index (χ1v) is 7.73. The Hall–Kier alpha value is -1.85. The second-order valence-electron chi connectivity index (χ2n) is 5.11. The van der Waals surface area contributed by atoms with Crippen molar-refractivity contribution in [1.29, 1.82) is 0 Å². The summed E-state index contributed by atoms with van der Waals surface area (Å²) < 4.78 is 5.23. The molecule has 1 aliphatic rings. The number of carboxylic acid groups (broad SMARTS) is 1. The molecule has 0 saturated heterocycles. The van der Waals surface area contributed by atoms with Crippen LogP contribution in [0.2, 0.25) is 0 Å². The summed E-state index contributed by atoms with van der Waals surface area (Å²) in [6.07, 6.45) is 0.917. The first-order valence-electron chi connectivity index (χ1n) is 6.85. The first kappa shape index (κ1) is 14.1. The number of methoxy groups -OCH3 is 1. The fraction of sp³-hybridized carbons (Fsp3) is 0.312. The number of hydrogen-bond donors (Lipinski definition) is 1. The lowest BCUT2D eigenvalue weighted by molar-refractivity contribution is -0.144. The maximum absolute atomic E-state index is 11.7. The van der Waals surface area contributed by atoms with Gasteiger partial charge in [0, 0.05) is 18.0 Å². The number of rotatable bonds is 4. The summed E-state index contributed by atoms with van der Waals surface area (Å²) in [7, 11) is 1.64. The van der Waals surface area contributed by atoms with Crippen molar-refractivity contribution in [3.63, 3.8) is 0 Å². The summed E-state index contributed by atoms with van der Waals surface area (Å²) >= 11 is 1.65. The lowest BCUT2D eigenvalue weighted by Crippen LogP contribution is -2.38. The Balaban J connectivity index is 1.86. The molecule has 0 fully saturated rings. The molecule has 1 aromatic heterocycles. The van der Waals surface area contributed by atoms with Gasteiger partial charge in [0.15, 0.2) is 0 Å². The SMILES string of the molecule is COc1cccc(CN2CCc3sccc3C2C(=O)O)c1. The lowest BCUT2D eigenvalue weighted by Gasteiger charge is -2.33. The zero-order valence-corrected chi connectivity index (χ0v) is 12.6. The van der Waals surface area contributed by atoms with Crippen molar-refractivity contribution in [2.24, 2.45) is 0 Å². The van der Waals surface area contributed by atoms with Crippen molar-refractivity contribution in [3.8, 4) is 5.75 Å². The summed E-state index contributed by atoms with van der Waals surface area (Å²) in [6, 6.07) is 9.18. The third kappa shape index (κ3) is 2.80. The molecule has 0 bridgehead atoms. The van der Waals surface area contributed by atoms with Gasteiger partial charge in [-0.2, -0.15) is 0 Å². The van der Waals surface area contributed by atoms with E-state index in [-0.39, 0.29) is 0 Å². The molecular weight excluding hydrogens is 286 g/mol. The summed E-state index contributed by atoms with van der Waals surface area (Å²) in [4.78, 5) is 14.9. The van der Waals surface area contributed by atoms with Crippen LogP contribution in [-0.4, -0.2) is 29.6 Å². The van der Waals surface area contributed by atoms with Crippen LogP contribution in [0.15, 0.2) is 35.7 Å². The largest absolute Gasteiger partial charge is 0.497 e. The minimum absolute atomic E-state index is 0.550. The maximum Gasteiger partial charge on any atom is 0.325 e. The molecule has 5 heteroatoms. The second-order valence-corrected chi connectivity index (χ2v) is 6.11. The van der Waals surface area contributed by atoms with Crippen LogP contribution in [0, 0.1) is 0 Å². The Morgan fingerprint density at radius 2 is 2.33 bits per heavy atom. The fourth-order valence-corrected chi connectivity index (χ4v) is 3.74. The second kappa shape index (κ2) is 5.87. The van der Waals surface area contributed by atoms with E-state index in [1.54, 1.807) is 18.4 Å². The molecule has 3 rings (SSSR count). The van der Waals surface area contributed by atoms with Crippen LogP contribution in [0.5, 0.6) is 5.75 Å². The Kier molecular flexibility index (Phi) is 3.94. The average Bonchev–Trinajstić information content (AvgIpc) is 2.95. The minimum atomic E-state index is -0.780. The van der Waals surface area contributed by atoms with Crippen LogP contribution in [-0.2, 0) is 17.8 Å². The quantitative estimate of drug-likeness (QED) is 0.943. The zero-order valence-electron chi connectivity index (χ0n) is 11.8. The molecule has 1 aliphatic heterocycles. The molecule has 1 atom stereocenters. The molecule has 0 aliphatic carbocycles. The van der Waals surface area contributed by atoms with E-state index >= 15 is 0 Å². The number of fused-ring (bicyclic) bond motifs is 1. The number of hydrogen-bond acceptors (Lipinski definition) is 4. The highest BCUT2D eigenvalue weighted by Crippen LogP contribution is 2.34. The smallest absolute Gasteiger partial charge is 0.325 e. The molecule has 1 aromatic carbocycles. The van der Waals surface area contributed by atoms with Gasteiger partial charge in [-0.25, -0.2) is 0 Å². The normalized spacial score (nSPS) is 18.2. The van der Waals surface area contributed by atoms with Crippen molar-refractivity contribution in [1.82, 2.24) is 4.90 Å². The van der Waals surface area contributed by atoms with E-state index in [2.05, 4.69) is 0 Å². The van der Waals surface area contributed by atoms with Gasteiger partial charge in [0.2, 0.25) is 0 Å². The van der Waals surface area contributed by atoms with Gasteiger partial charge in [-0.3, -0.25) is 9.69 Å². The molecule has 0 amide bonds. The Morgan fingerprint density at radius 1 is 1.48 bits per heavy atom. The summed E-state index contributed by atoms with van der Waals surface area (Å²) in [5, 5.41) is 11.6. The highest BCUT2D eigenvalue weighted by atomic mass is 32.1. The van der Waals surface area contributed by atoms with Crippen molar-refractivity contribution in [3.05, 3.63) is 51.7 Å². The predicted molar refractivity (Wildman–Crippen MR) is 81.8 cm³/mol. The Morgan fingerprint density at radius 3 is 3.10 bits per heavy atom. The predicted octanol–water partition coefficient (Wildman–Crippen LogP) is 2.94. The third-order valence-corrected chi connectivity index (χ3v) is 4.82. The van der Waals surface area contributed by atoms with E-state index in [1.165, 1.54) is 4.88 Å². The van der Waals surface area contributed by atoms with Crippen LogP contribution in [0.1, 0.15) is 22.0 Å². The van der Waals surface area contributed by atoms with E-state index < -0.39 is 12.0 Å². The molecule has 2 heterocycles. The minimum Gasteiger partial charge on any atom is -0.497 e. The molecule has 21 heavy (non-hydrogen) atoms. The van der Waals surface area contributed by atoms with E-state index in [1.807, 2.05) is 40.6 Å². The highest BCUT2D eigenvalue weighted by Gasteiger charge is 2.33. The van der Waals surface area contributed by atoms with Gasteiger partial charge in [-0.1, -0.05) is 12.1 Å². The molecule has 2 aromatic rings. The number of benzene rings is 1. The Bertz CT molecular complexity index is 652. The van der Waals surface area contributed by atoms with E-state index in [0.717, 1.165) is 29.8 Å². The zero-order chi connectivity index (χ0) is 14.8. The number of carbonyl (C=O) groups is 1. The number of thiophene rings is 1. The van der Waals surface area contributed by atoms with E-state index in [0.29, 0.717) is 6.54 Å². The van der Waals surface area contributed by atoms with Gasteiger partial charge in [-0.05, 0) is 41.1 Å². The molecule has 110 valence electrons. The topological polar surface area (TPSA) is 49.8 Å². The Labute approximate surface area is 127 Å². The van der Waals surface area contributed by atoms with Gasteiger partial charge < -0.3 is 9.84 Å². The molecule has 0 radical (unpaired) electrons. The van der Waals surface area contributed by atoms with E-state index in [9.17, 15) is 9.90 Å². The van der Waals surface area contributed by atoms with Gasteiger partial charge in [0.25, 0.3) is 0 Å². The molecule has 1 unspecified atom stereocenters. The van der Waals surface area contributed by atoms with Gasteiger partial charge in [-0.15, -0.1) is 11.3 Å². The summed E-state index contributed by atoms with van der Waals surface area (Å²) in [5.74, 6) is 0.0184. The first-order chi connectivity index (χ1) is 10.2. The van der Waals surface area contributed by atoms with Crippen LogP contribution < -0.4 is 4.74 Å². The monoisotopic (exact) mass is 303 g/mol. The number of ether oxygens (including phenoxy) is 1. The fourth-order valence-electron chi connectivity index (χ4n) is 2.83. The molecule has 0 saturated carbocycles. The highest BCUT2D eigenvalue weighted by molar-refractivity contribution is 7.10. The molecule has 1 N–H and O–H groups in total. The van der Waals surface area contributed by atoms with Crippen LogP contribution in [0.25, 0.3) is 0 Å². The van der Waals surface area contributed by atoms with Gasteiger partial charge in [0.05, 0.1) is 7.11 Å². The number of aliphatic carboxylic acids is 1. The summed E-state index contributed by atoms with van der Waals surface area (Å²) in [6.45, 7) is 1.38. The van der Waals surface area contributed by atoms with Crippen molar-refractivity contribution >= 4 is 17.3 Å². The van der Waals surface area contributed by atoms with Crippen LogP contribution in [0.4, 0.5) is 0 Å². The van der Waals surface area contributed by atoms with Crippen LogP contribution in [0.3, 0.4) is 0 Å². The molecule has 4 nitrogen and oxygen atoms in total. The van der Waals surface area contributed by atoms with E-state index in [4.69, 9.17) is 4.74 Å². The molecular formula is C16H17NO3S. The average molecular weight is 303 g/mol. The number of nitrogens with zero attached hydrogens (tertiary/aromatic N) is 1.